The monoisotopic (exact) mass is 183 g/mol. The van der Waals surface area contributed by atoms with Crippen molar-refractivity contribution in [2.75, 3.05) is 12.8 Å². The summed E-state index contributed by atoms with van der Waals surface area (Å²) in [5, 5.41) is 4.16. The molecule has 0 saturated heterocycles. The van der Waals surface area contributed by atoms with E-state index in [0.717, 1.165) is 11.4 Å². The second-order valence-electron chi connectivity index (χ2n) is 3.81. The maximum absolute atomic E-state index is 5.68. The molecule has 1 aromatic rings. The molecular weight excluding hydrogens is 166 g/mol. The topological polar surface area (TPSA) is 53.1 Å². The van der Waals surface area contributed by atoms with Crippen LogP contribution >= 0.6 is 0 Å². The number of hydrogen-bond acceptors (Lipinski definition) is 3. The van der Waals surface area contributed by atoms with E-state index in [9.17, 15) is 0 Å². The Labute approximate surface area is 78.7 Å². The molecule has 0 aromatic carbocycles. The second kappa shape index (κ2) is 3.38. The highest BCUT2D eigenvalue weighted by Gasteiger charge is 2.18. The summed E-state index contributed by atoms with van der Waals surface area (Å²) in [6.45, 7) is 6.70. The quantitative estimate of drug-likeness (QED) is 0.766. The normalized spacial score (nSPS) is 12.0. The molecule has 0 unspecified atom stereocenters. The molecule has 1 aromatic heterocycles. The molecular formula is C9H17N3O. The van der Waals surface area contributed by atoms with Crippen LogP contribution in [-0.2, 0) is 11.3 Å². The SMILES string of the molecule is COC(C)(C)Cn1ncc(N)c1C. The zero-order chi connectivity index (χ0) is 10.1. The molecule has 2 N–H and O–H groups in total. The van der Waals surface area contributed by atoms with Crippen LogP contribution in [0.15, 0.2) is 6.20 Å². The molecule has 0 spiro atoms. The van der Waals surface area contributed by atoms with Gasteiger partial charge in [0.15, 0.2) is 0 Å². The summed E-state index contributed by atoms with van der Waals surface area (Å²) >= 11 is 0. The third kappa shape index (κ3) is 2.21. The molecule has 1 rings (SSSR count). The van der Waals surface area contributed by atoms with Crippen LogP contribution in [0, 0.1) is 6.92 Å². The zero-order valence-electron chi connectivity index (χ0n) is 8.66. The fourth-order valence-corrected chi connectivity index (χ4v) is 1.05. The van der Waals surface area contributed by atoms with E-state index in [-0.39, 0.29) is 5.60 Å². The summed E-state index contributed by atoms with van der Waals surface area (Å²) < 4.78 is 7.16. The van der Waals surface area contributed by atoms with E-state index in [4.69, 9.17) is 10.5 Å². The lowest BCUT2D eigenvalue weighted by molar-refractivity contribution is 0.00497. The molecule has 4 nitrogen and oxygen atoms in total. The first-order chi connectivity index (χ1) is 5.96. The van der Waals surface area contributed by atoms with Gasteiger partial charge in [0, 0.05) is 7.11 Å². The predicted molar refractivity (Wildman–Crippen MR) is 52.5 cm³/mol. The van der Waals surface area contributed by atoms with Crippen molar-refractivity contribution in [2.24, 2.45) is 0 Å². The summed E-state index contributed by atoms with van der Waals surface area (Å²) in [6, 6.07) is 0. The Morgan fingerprint density at radius 3 is 2.62 bits per heavy atom. The van der Waals surface area contributed by atoms with E-state index in [1.54, 1.807) is 13.3 Å². The highest BCUT2D eigenvalue weighted by molar-refractivity contribution is 5.39. The van der Waals surface area contributed by atoms with Crippen molar-refractivity contribution in [3.63, 3.8) is 0 Å². The van der Waals surface area contributed by atoms with E-state index in [2.05, 4.69) is 5.10 Å². The van der Waals surface area contributed by atoms with Crippen LogP contribution in [0.25, 0.3) is 0 Å². The largest absolute Gasteiger partial charge is 0.396 e. The van der Waals surface area contributed by atoms with Gasteiger partial charge in [-0.3, -0.25) is 4.68 Å². The molecule has 0 atom stereocenters. The van der Waals surface area contributed by atoms with Gasteiger partial charge in [-0.2, -0.15) is 5.10 Å². The minimum absolute atomic E-state index is 0.205. The smallest absolute Gasteiger partial charge is 0.0817 e. The standard InChI is InChI=1S/C9H17N3O/c1-7-8(10)5-11-12(7)6-9(2,3)13-4/h5H,6,10H2,1-4H3. The number of nitrogen functional groups attached to an aromatic ring is 1. The maximum Gasteiger partial charge on any atom is 0.0817 e. The van der Waals surface area contributed by atoms with Crippen molar-refractivity contribution >= 4 is 5.69 Å². The molecule has 0 aliphatic heterocycles. The third-order valence-electron chi connectivity index (χ3n) is 2.22. The first kappa shape index (κ1) is 10.1. The van der Waals surface area contributed by atoms with Crippen LogP contribution < -0.4 is 5.73 Å². The van der Waals surface area contributed by atoms with Crippen LogP contribution in [0.1, 0.15) is 19.5 Å². The molecule has 0 aliphatic carbocycles. The molecule has 13 heavy (non-hydrogen) atoms. The Hall–Kier alpha value is -1.03. The Kier molecular flexibility index (Phi) is 2.61. The number of methoxy groups -OCH3 is 1. The van der Waals surface area contributed by atoms with E-state index < -0.39 is 0 Å². The summed E-state index contributed by atoms with van der Waals surface area (Å²) in [5.41, 5.74) is 7.19. The van der Waals surface area contributed by atoms with Gasteiger partial charge in [-0.05, 0) is 20.8 Å². The van der Waals surface area contributed by atoms with Crippen molar-refractivity contribution < 1.29 is 4.74 Å². The van der Waals surface area contributed by atoms with E-state index in [1.807, 2.05) is 25.5 Å². The maximum atomic E-state index is 5.68. The third-order valence-corrected chi connectivity index (χ3v) is 2.22. The molecule has 0 aliphatic rings. The molecule has 1 heterocycles. The van der Waals surface area contributed by atoms with Crippen molar-refractivity contribution in [3.8, 4) is 0 Å². The number of nitrogens with two attached hydrogens (primary N) is 1. The van der Waals surface area contributed by atoms with E-state index in [0.29, 0.717) is 6.54 Å². The Bertz CT molecular complexity index is 291. The second-order valence-corrected chi connectivity index (χ2v) is 3.81. The van der Waals surface area contributed by atoms with Crippen LogP contribution in [0.3, 0.4) is 0 Å². The molecule has 0 radical (unpaired) electrons. The summed E-state index contributed by atoms with van der Waals surface area (Å²) in [6.07, 6.45) is 1.67. The lowest BCUT2D eigenvalue weighted by Crippen LogP contribution is -2.30. The van der Waals surface area contributed by atoms with E-state index >= 15 is 0 Å². The molecule has 0 amide bonds. The lowest BCUT2D eigenvalue weighted by atomic mass is 10.1. The van der Waals surface area contributed by atoms with Crippen molar-refractivity contribution in [2.45, 2.75) is 32.9 Å². The van der Waals surface area contributed by atoms with Crippen LogP contribution in [0.5, 0.6) is 0 Å². The first-order valence-corrected chi connectivity index (χ1v) is 4.29. The van der Waals surface area contributed by atoms with Crippen molar-refractivity contribution in [1.29, 1.82) is 0 Å². The fraction of sp³-hybridized carbons (Fsp3) is 0.667. The minimum atomic E-state index is -0.205. The molecule has 0 saturated carbocycles. The molecule has 0 bridgehead atoms. The van der Waals surface area contributed by atoms with Gasteiger partial charge in [0.05, 0.1) is 29.7 Å². The molecule has 4 heteroatoms. The average molecular weight is 183 g/mol. The van der Waals surface area contributed by atoms with Gasteiger partial charge in [-0.25, -0.2) is 0 Å². The highest BCUT2D eigenvalue weighted by atomic mass is 16.5. The Morgan fingerprint density at radius 2 is 2.23 bits per heavy atom. The number of anilines is 1. The number of aromatic nitrogens is 2. The van der Waals surface area contributed by atoms with Gasteiger partial charge in [0.1, 0.15) is 0 Å². The molecule has 0 fully saturated rings. The average Bonchev–Trinajstić information content (AvgIpc) is 2.36. The number of rotatable bonds is 3. The minimum Gasteiger partial charge on any atom is -0.396 e. The first-order valence-electron chi connectivity index (χ1n) is 4.29. The zero-order valence-corrected chi connectivity index (χ0v) is 8.66. The summed E-state index contributed by atoms with van der Waals surface area (Å²) in [4.78, 5) is 0. The Morgan fingerprint density at radius 1 is 1.62 bits per heavy atom. The van der Waals surface area contributed by atoms with Crippen LogP contribution in [0.4, 0.5) is 5.69 Å². The fourth-order valence-electron chi connectivity index (χ4n) is 1.05. The summed E-state index contributed by atoms with van der Waals surface area (Å²) in [5.74, 6) is 0. The predicted octanol–water partition coefficient (Wildman–Crippen LogP) is 1.20. The number of hydrogen-bond donors (Lipinski definition) is 1. The number of ether oxygens (including phenoxy) is 1. The van der Waals surface area contributed by atoms with Gasteiger partial charge < -0.3 is 10.5 Å². The molecule has 74 valence electrons. The Balaban J connectivity index is 2.80. The van der Waals surface area contributed by atoms with Gasteiger partial charge in [0.2, 0.25) is 0 Å². The van der Waals surface area contributed by atoms with Crippen LogP contribution in [-0.4, -0.2) is 22.5 Å². The van der Waals surface area contributed by atoms with Crippen molar-refractivity contribution in [1.82, 2.24) is 9.78 Å². The van der Waals surface area contributed by atoms with Crippen LogP contribution in [0.2, 0.25) is 0 Å². The lowest BCUT2D eigenvalue weighted by Gasteiger charge is -2.23. The van der Waals surface area contributed by atoms with Crippen molar-refractivity contribution in [3.05, 3.63) is 11.9 Å². The van der Waals surface area contributed by atoms with Gasteiger partial charge in [-0.1, -0.05) is 0 Å². The van der Waals surface area contributed by atoms with E-state index in [1.165, 1.54) is 0 Å². The van der Waals surface area contributed by atoms with Gasteiger partial charge in [0.25, 0.3) is 0 Å². The summed E-state index contributed by atoms with van der Waals surface area (Å²) in [7, 11) is 1.70. The number of nitrogens with zero attached hydrogens (tertiary/aromatic N) is 2. The van der Waals surface area contributed by atoms with Gasteiger partial charge in [-0.15, -0.1) is 0 Å². The van der Waals surface area contributed by atoms with Gasteiger partial charge >= 0.3 is 0 Å². The highest BCUT2D eigenvalue weighted by Crippen LogP contribution is 2.15.